The Bertz CT molecular complexity index is 321. The molecule has 0 saturated carbocycles. The molecule has 8 nitrogen and oxygen atoms in total. The number of carbonyl (C=O) groups excluding carboxylic acids is 1. The highest BCUT2D eigenvalue weighted by Crippen LogP contribution is 2.04. The third kappa shape index (κ3) is 6.18. The van der Waals surface area contributed by atoms with Gasteiger partial charge in [0.05, 0.1) is 25.8 Å². The number of nitrogens with zero attached hydrogens (tertiary/aromatic N) is 1. The lowest BCUT2D eigenvalue weighted by molar-refractivity contribution is -0.155. The summed E-state index contributed by atoms with van der Waals surface area (Å²) in [5.41, 5.74) is -2.01. The standard InChI is InChI=1S/C12H24N2O6/c1-9(7-20-4)14(5-6-19-3)11(17)13-8-12(2,18)10(15)16/h9,18H,5-8H2,1-4H3,(H,13,17)(H,15,16). The number of nitrogens with one attached hydrogen (secondary N) is 1. The minimum Gasteiger partial charge on any atom is -0.479 e. The first-order chi connectivity index (χ1) is 9.26. The van der Waals surface area contributed by atoms with Crippen molar-refractivity contribution in [2.45, 2.75) is 25.5 Å². The van der Waals surface area contributed by atoms with Crippen LogP contribution >= 0.6 is 0 Å². The van der Waals surface area contributed by atoms with Gasteiger partial charge in [0, 0.05) is 20.8 Å². The van der Waals surface area contributed by atoms with Crippen molar-refractivity contribution < 1.29 is 29.3 Å². The van der Waals surface area contributed by atoms with Crippen LogP contribution in [0.1, 0.15) is 13.8 Å². The highest BCUT2D eigenvalue weighted by Gasteiger charge is 2.31. The second-order valence-corrected chi connectivity index (χ2v) is 4.73. The number of carboxylic acid groups (broad SMARTS) is 1. The van der Waals surface area contributed by atoms with E-state index in [1.807, 2.05) is 0 Å². The van der Waals surface area contributed by atoms with Gasteiger partial charge in [-0.05, 0) is 13.8 Å². The number of urea groups is 1. The zero-order valence-corrected chi connectivity index (χ0v) is 12.4. The van der Waals surface area contributed by atoms with E-state index in [0.29, 0.717) is 19.8 Å². The number of rotatable bonds is 9. The summed E-state index contributed by atoms with van der Waals surface area (Å²) < 4.78 is 9.92. The fourth-order valence-corrected chi connectivity index (χ4v) is 1.47. The number of ether oxygens (including phenoxy) is 2. The summed E-state index contributed by atoms with van der Waals surface area (Å²) in [7, 11) is 3.05. The summed E-state index contributed by atoms with van der Waals surface area (Å²) in [5.74, 6) is -1.40. The summed E-state index contributed by atoms with van der Waals surface area (Å²) in [6.07, 6.45) is 0. The van der Waals surface area contributed by atoms with Crippen LogP contribution in [0.15, 0.2) is 0 Å². The van der Waals surface area contributed by atoms with E-state index >= 15 is 0 Å². The monoisotopic (exact) mass is 292 g/mol. The predicted octanol–water partition coefficient (Wildman–Crippen LogP) is -0.485. The minimum atomic E-state index is -2.01. The van der Waals surface area contributed by atoms with Crippen molar-refractivity contribution in [3.05, 3.63) is 0 Å². The Morgan fingerprint density at radius 2 is 1.95 bits per heavy atom. The lowest BCUT2D eigenvalue weighted by Crippen LogP contribution is -2.53. The van der Waals surface area contributed by atoms with Gasteiger partial charge >= 0.3 is 12.0 Å². The summed E-state index contributed by atoms with van der Waals surface area (Å²) in [6, 6.07) is -0.682. The second-order valence-electron chi connectivity index (χ2n) is 4.73. The van der Waals surface area contributed by atoms with E-state index in [4.69, 9.17) is 14.6 Å². The van der Waals surface area contributed by atoms with Crippen molar-refractivity contribution in [3.8, 4) is 0 Å². The van der Waals surface area contributed by atoms with Crippen LogP contribution in [0.5, 0.6) is 0 Å². The summed E-state index contributed by atoms with van der Waals surface area (Å²) in [4.78, 5) is 24.3. The smallest absolute Gasteiger partial charge is 0.337 e. The molecular weight excluding hydrogens is 268 g/mol. The van der Waals surface area contributed by atoms with Crippen LogP contribution in [0.3, 0.4) is 0 Å². The summed E-state index contributed by atoms with van der Waals surface area (Å²) in [6.45, 7) is 3.55. The molecular formula is C12H24N2O6. The molecule has 0 aliphatic carbocycles. The molecule has 0 spiro atoms. The molecule has 0 aliphatic heterocycles. The molecule has 0 aliphatic rings. The molecule has 2 unspecified atom stereocenters. The number of hydrogen-bond donors (Lipinski definition) is 3. The van der Waals surface area contributed by atoms with Crippen LogP contribution in [0.25, 0.3) is 0 Å². The molecule has 0 aromatic carbocycles. The Morgan fingerprint density at radius 3 is 2.40 bits per heavy atom. The molecule has 0 fully saturated rings. The van der Waals surface area contributed by atoms with Gasteiger partial charge in [-0.3, -0.25) is 0 Å². The maximum absolute atomic E-state index is 12.0. The van der Waals surface area contributed by atoms with Crippen LogP contribution in [0.4, 0.5) is 4.79 Å². The topological polar surface area (TPSA) is 108 Å². The molecule has 0 aromatic rings. The number of carbonyl (C=O) groups is 2. The lowest BCUT2D eigenvalue weighted by atomic mass is 10.1. The van der Waals surface area contributed by atoms with Gasteiger partial charge in [0.25, 0.3) is 0 Å². The van der Waals surface area contributed by atoms with Crippen molar-refractivity contribution in [2.24, 2.45) is 0 Å². The average Bonchev–Trinajstić information content (AvgIpc) is 2.37. The first kappa shape index (κ1) is 18.6. The molecule has 0 rings (SSSR count). The number of methoxy groups -OCH3 is 2. The number of aliphatic carboxylic acids is 1. The number of carboxylic acids is 1. The number of hydrogen-bond acceptors (Lipinski definition) is 5. The average molecular weight is 292 g/mol. The largest absolute Gasteiger partial charge is 0.479 e. The van der Waals surface area contributed by atoms with E-state index in [1.54, 1.807) is 6.92 Å². The molecule has 118 valence electrons. The van der Waals surface area contributed by atoms with Crippen molar-refractivity contribution in [1.82, 2.24) is 10.2 Å². The van der Waals surface area contributed by atoms with E-state index < -0.39 is 17.6 Å². The van der Waals surface area contributed by atoms with Crippen LogP contribution < -0.4 is 5.32 Å². The fourth-order valence-electron chi connectivity index (χ4n) is 1.47. The number of aliphatic hydroxyl groups is 1. The first-order valence-corrected chi connectivity index (χ1v) is 6.24. The third-order valence-electron chi connectivity index (χ3n) is 2.78. The molecule has 2 atom stereocenters. The lowest BCUT2D eigenvalue weighted by Gasteiger charge is -2.30. The minimum absolute atomic E-state index is 0.204. The third-order valence-corrected chi connectivity index (χ3v) is 2.78. The molecule has 8 heteroatoms. The summed E-state index contributed by atoms with van der Waals surface area (Å²) >= 11 is 0. The van der Waals surface area contributed by atoms with E-state index in [1.165, 1.54) is 19.1 Å². The van der Waals surface area contributed by atoms with Crippen LogP contribution in [0, 0.1) is 0 Å². The van der Waals surface area contributed by atoms with Crippen LogP contribution in [-0.4, -0.2) is 79.3 Å². The van der Waals surface area contributed by atoms with Crippen molar-refractivity contribution in [2.75, 3.05) is 40.5 Å². The quantitative estimate of drug-likeness (QED) is 0.529. The van der Waals surface area contributed by atoms with Gasteiger partial charge in [-0.25, -0.2) is 9.59 Å². The molecule has 0 saturated heterocycles. The highest BCUT2D eigenvalue weighted by atomic mass is 16.5. The van der Waals surface area contributed by atoms with Gasteiger partial charge in [-0.1, -0.05) is 0 Å². The Labute approximate surface area is 118 Å². The fraction of sp³-hybridized carbons (Fsp3) is 0.833. The van der Waals surface area contributed by atoms with Gasteiger partial charge in [-0.15, -0.1) is 0 Å². The predicted molar refractivity (Wildman–Crippen MR) is 71.6 cm³/mol. The molecule has 20 heavy (non-hydrogen) atoms. The Kier molecular flexibility index (Phi) is 8.12. The highest BCUT2D eigenvalue weighted by molar-refractivity contribution is 5.79. The van der Waals surface area contributed by atoms with Gasteiger partial charge in [-0.2, -0.15) is 0 Å². The Morgan fingerprint density at radius 1 is 1.35 bits per heavy atom. The number of amides is 2. The maximum atomic E-state index is 12.0. The van der Waals surface area contributed by atoms with E-state index in [-0.39, 0.29) is 12.6 Å². The maximum Gasteiger partial charge on any atom is 0.337 e. The molecule has 2 amide bonds. The van der Waals surface area contributed by atoms with E-state index in [2.05, 4.69) is 5.32 Å². The molecule has 0 aromatic heterocycles. The zero-order chi connectivity index (χ0) is 15.8. The van der Waals surface area contributed by atoms with Crippen molar-refractivity contribution in [1.29, 1.82) is 0 Å². The van der Waals surface area contributed by atoms with E-state index in [9.17, 15) is 14.7 Å². The molecule has 3 N–H and O–H groups in total. The van der Waals surface area contributed by atoms with Crippen LogP contribution in [0.2, 0.25) is 0 Å². The van der Waals surface area contributed by atoms with Gasteiger partial charge in [0.1, 0.15) is 0 Å². The first-order valence-electron chi connectivity index (χ1n) is 6.24. The van der Waals surface area contributed by atoms with Crippen molar-refractivity contribution in [3.63, 3.8) is 0 Å². The Balaban J connectivity index is 4.58. The van der Waals surface area contributed by atoms with Crippen molar-refractivity contribution >= 4 is 12.0 Å². The Hall–Kier alpha value is -1.38. The molecule has 0 bridgehead atoms. The molecule has 0 radical (unpaired) electrons. The van der Waals surface area contributed by atoms with Gasteiger partial charge < -0.3 is 29.9 Å². The van der Waals surface area contributed by atoms with Gasteiger partial charge in [0.15, 0.2) is 5.60 Å². The summed E-state index contributed by atoms with van der Waals surface area (Å²) in [5, 5.41) is 20.7. The SMILES string of the molecule is COCCN(C(=O)NCC(C)(O)C(=O)O)C(C)COC. The zero-order valence-electron chi connectivity index (χ0n) is 12.4. The second kappa shape index (κ2) is 8.72. The normalized spacial score (nSPS) is 15.2. The van der Waals surface area contributed by atoms with Gasteiger partial charge in [0.2, 0.25) is 0 Å². The van der Waals surface area contributed by atoms with Crippen LogP contribution in [-0.2, 0) is 14.3 Å². The van der Waals surface area contributed by atoms with E-state index in [0.717, 1.165) is 6.92 Å². The molecule has 0 heterocycles.